The van der Waals surface area contributed by atoms with Crippen molar-refractivity contribution in [2.24, 2.45) is 0 Å². The van der Waals surface area contributed by atoms with Crippen LogP contribution in [0.5, 0.6) is 0 Å². The summed E-state index contributed by atoms with van der Waals surface area (Å²) in [4.78, 5) is 52.6. The van der Waals surface area contributed by atoms with Crippen LogP contribution in [-0.2, 0) is 0 Å². The molecule has 5 rings (SSSR count). The molecule has 41 heavy (non-hydrogen) atoms. The van der Waals surface area contributed by atoms with Crippen LogP contribution in [0.15, 0.2) is 101 Å². The number of H-pyrrole nitrogens is 2. The molecule has 0 fully saturated rings. The molecule has 2 heterocycles. The molecule has 2 N–H and O–H groups in total. The number of aromatic amines is 2. The maximum Gasteiger partial charge on any atom is 0.278 e. The molecule has 0 aliphatic rings. The van der Waals surface area contributed by atoms with Crippen molar-refractivity contribution in [1.82, 2.24) is 19.6 Å². The highest BCUT2D eigenvalue weighted by molar-refractivity contribution is 5.79. The van der Waals surface area contributed by atoms with E-state index in [2.05, 4.69) is 10.2 Å². The summed E-state index contributed by atoms with van der Waals surface area (Å²) < 4.78 is 1.87. The zero-order valence-corrected chi connectivity index (χ0v) is 22.6. The van der Waals surface area contributed by atoms with E-state index >= 15 is 0 Å². The van der Waals surface area contributed by atoms with Gasteiger partial charge in [0, 0.05) is 19.8 Å². The van der Waals surface area contributed by atoms with Crippen LogP contribution in [-0.4, -0.2) is 31.4 Å². The number of carbonyl (C=O) groups excluding carboxylic acids is 2. The van der Waals surface area contributed by atoms with E-state index in [0.29, 0.717) is 17.0 Å². The molecule has 0 amide bonds. The predicted octanol–water partition coefficient (Wildman–Crippen LogP) is 5.51. The lowest BCUT2D eigenvalue weighted by Gasteiger charge is -2.16. The molecule has 3 aromatic carbocycles. The molecule has 8 nitrogen and oxygen atoms in total. The van der Waals surface area contributed by atoms with Crippen molar-refractivity contribution in [3.8, 4) is 0 Å². The fourth-order valence-electron chi connectivity index (χ4n) is 4.80. The van der Waals surface area contributed by atoms with Crippen molar-refractivity contribution in [3.63, 3.8) is 0 Å². The Morgan fingerprint density at radius 1 is 0.585 bits per heavy atom. The number of carbonyl (C=O) groups is 2. The molecule has 0 spiro atoms. The first-order valence-corrected chi connectivity index (χ1v) is 13.1. The maximum absolute atomic E-state index is 13.8. The summed E-state index contributed by atoms with van der Waals surface area (Å²) >= 11 is 0. The van der Waals surface area contributed by atoms with Crippen molar-refractivity contribution >= 4 is 36.1 Å². The zero-order chi connectivity index (χ0) is 28.9. The third kappa shape index (κ3) is 5.62. The van der Waals surface area contributed by atoms with Crippen molar-refractivity contribution in [2.45, 2.75) is 19.8 Å². The van der Waals surface area contributed by atoms with Gasteiger partial charge in [0.05, 0.1) is 22.5 Å². The number of hydrogen-bond donors (Lipinski definition) is 2. The first kappa shape index (κ1) is 27.1. The summed E-state index contributed by atoms with van der Waals surface area (Å²) in [6.45, 7) is 2.58. The van der Waals surface area contributed by atoms with Crippen LogP contribution < -0.4 is 11.1 Å². The van der Waals surface area contributed by atoms with Gasteiger partial charge in [-0.3, -0.25) is 29.4 Å². The van der Waals surface area contributed by atoms with Crippen LogP contribution in [0.4, 0.5) is 0 Å². The number of nitrogens with one attached hydrogen (secondary N) is 2. The number of benzene rings is 3. The first-order valence-electron chi connectivity index (χ1n) is 13.1. The molecule has 2 aromatic heterocycles. The Bertz CT molecular complexity index is 1750. The monoisotopic (exact) mass is 544 g/mol. The summed E-state index contributed by atoms with van der Waals surface area (Å²) in [6.07, 6.45) is 7.08. The summed E-state index contributed by atoms with van der Waals surface area (Å²) in [6, 6.07) is 28.1. The molecule has 8 heteroatoms. The van der Waals surface area contributed by atoms with Gasteiger partial charge in [-0.05, 0) is 28.8 Å². The van der Waals surface area contributed by atoms with E-state index in [-0.39, 0.29) is 11.1 Å². The lowest BCUT2D eigenvalue weighted by atomic mass is 9.84. The minimum Gasteiger partial charge on any atom is -0.288 e. The molecule has 0 bridgehead atoms. The largest absolute Gasteiger partial charge is 0.288 e. The smallest absolute Gasteiger partial charge is 0.278 e. The second kappa shape index (κ2) is 11.7. The van der Waals surface area contributed by atoms with Gasteiger partial charge in [0.15, 0.2) is 0 Å². The normalized spacial score (nSPS) is 11.6. The van der Waals surface area contributed by atoms with E-state index < -0.39 is 28.9 Å². The second-order valence-electron chi connectivity index (χ2n) is 9.53. The summed E-state index contributed by atoms with van der Waals surface area (Å²) in [5.74, 6) is -1.90. The Hall–Kier alpha value is -5.50. The minimum atomic E-state index is -0.907. The molecule has 0 saturated heterocycles. The third-order valence-electron chi connectivity index (χ3n) is 6.74. The molecule has 5 aromatic rings. The fraction of sp³-hybridized carbons (Fsp3) is 0.0909. The second-order valence-corrected chi connectivity index (χ2v) is 9.53. The van der Waals surface area contributed by atoms with Crippen LogP contribution >= 0.6 is 0 Å². The molecule has 0 radical (unpaired) electrons. The average Bonchev–Trinajstić information content (AvgIpc) is 3.49. The molecule has 0 aliphatic carbocycles. The van der Waals surface area contributed by atoms with E-state index in [9.17, 15) is 19.2 Å². The van der Waals surface area contributed by atoms with Crippen LogP contribution in [0.2, 0.25) is 0 Å². The van der Waals surface area contributed by atoms with Crippen molar-refractivity contribution in [2.75, 3.05) is 0 Å². The van der Waals surface area contributed by atoms with Crippen LogP contribution in [0.25, 0.3) is 24.3 Å². The van der Waals surface area contributed by atoms with E-state index in [1.807, 2.05) is 103 Å². The molecule has 0 unspecified atom stereocenters. The van der Waals surface area contributed by atoms with Crippen LogP contribution in [0.1, 0.15) is 68.6 Å². The summed E-state index contributed by atoms with van der Waals surface area (Å²) in [7, 11) is 0. The topological polar surface area (TPSA) is 110 Å². The van der Waals surface area contributed by atoms with E-state index in [4.69, 9.17) is 0 Å². The van der Waals surface area contributed by atoms with Crippen LogP contribution in [0.3, 0.4) is 0 Å². The standard InChI is InChI=1S/C33H28N4O4/c1-22(38)36-32(40)30(27(34-36)20-18-24-12-6-3-7-13-24)29(26-16-10-5-11-17-26)31-28(35-37(23(2)39)33(31)41)21-19-25-14-8-4-9-15-25/h3-21,29,34-35H,1-2H3/b20-18+,21-19+. The van der Waals surface area contributed by atoms with Gasteiger partial charge in [-0.25, -0.2) is 0 Å². The number of hydrogen-bond acceptors (Lipinski definition) is 4. The first-order chi connectivity index (χ1) is 19.8. The fourth-order valence-corrected chi connectivity index (χ4v) is 4.80. The lowest BCUT2D eigenvalue weighted by molar-refractivity contribution is 0.0909. The highest BCUT2D eigenvalue weighted by Gasteiger charge is 2.32. The van der Waals surface area contributed by atoms with Gasteiger partial charge in [0.1, 0.15) is 0 Å². The Balaban J connectivity index is 1.79. The number of rotatable bonds is 7. The minimum absolute atomic E-state index is 0.208. The van der Waals surface area contributed by atoms with Gasteiger partial charge in [0.2, 0.25) is 11.8 Å². The number of aromatic nitrogens is 4. The molecule has 0 aliphatic heterocycles. The Kier molecular flexibility index (Phi) is 7.74. The summed E-state index contributed by atoms with van der Waals surface area (Å²) in [5.41, 5.74) is 2.43. The molecule has 204 valence electrons. The van der Waals surface area contributed by atoms with E-state index in [1.54, 1.807) is 12.2 Å². The van der Waals surface area contributed by atoms with Gasteiger partial charge in [0.25, 0.3) is 11.1 Å². The van der Waals surface area contributed by atoms with Crippen molar-refractivity contribution in [1.29, 1.82) is 0 Å². The van der Waals surface area contributed by atoms with Gasteiger partial charge in [-0.15, -0.1) is 0 Å². The molecular formula is C33H28N4O4. The van der Waals surface area contributed by atoms with Gasteiger partial charge < -0.3 is 0 Å². The van der Waals surface area contributed by atoms with Crippen molar-refractivity contribution in [3.05, 3.63) is 151 Å². The van der Waals surface area contributed by atoms with Crippen LogP contribution in [0, 0.1) is 0 Å². The quantitative estimate of drug-likeness (QED) is 0.282. The van der Waals surface area contributed by atoms with Gasteiger partial charge in [-0.1, -0.05) is 103 Å². The van der Waals surface area contributed by atoms with E-state index in [0.717, 1.165) is 20.5 Å². The predicted molar refractivity (Wildman–Crippen MR) is 161 cm³/mol. The Morgan fingerprint density at radius 2 is 0.951 bits per heavy atom. The Labute approximate surface area is 235 Å². The highest BCUT2D eigenvalue weighted by atomic mass is 16.2. The molecule has 0 saturated carbocycles. The average molecular weight is 545 g/mol. The maximum atomic E-state index is 13.8. The van der Waals surface area contributed by atoms with Crippen molar-refractivity contribution < 1.29 is 9.59 Å². The summed E-state index contributed by atoms with van der Waals surface area (Å²) in [5, 5.41) is 5.86. The molecule has 0 atom stereocenters. The highest BCUT2D eigenvalue weighted by Crippen LogP contribution is 2.33. The lowest BCUT2D eigenvalue weighted by Crippen LogP contribution is -2.29. The van der Waals surface area contributed by atoms with E-state index in [1.165, 1.54) is 13.8 Å². The Morgan fingerprint density at radius 3 is 1.32 bits per heavy atom. The molecular weight excluding hydrogens is 516 g/mol. The van der Waals surface area contributed by atoms with Gasteiger partial charge >= 0.3 is 0 Å². The SMILES string of the molecule is CC(=O)n1[nH]c(/C=C/c2ccccc2)c(C(c2ccccc2)c2c(/C=C/c3ccccc3)[nH]n(C(C)=O)c2=O)c1=O. The zero-order valence-electron chi connectivity index (χ0n) is 22.6. The van der Waals surface area contributed by atoms with Gasteiger partial charge in [-0.2, -0.15) is 9.36 Å². The number of nitrogens with zero attached hydrogens (tertiary/aromatic N) is 2. The third-order valence-corrected chi connectivity index (χ3v) is 6.74.